The molecule has 6 heteroatoms. The van der Waals surface area contributed by atoms with E-state index in [4.69, 9.17) is 0 Å². The number of alkyl halides is 3. The highest BCUT2D eigenvalue weighted by Gasteiger charge is 2.33. The molecule has 1 aromatic heterocycles. The van der Waals surface area contributed by atoms with Crippen LogP contribution in [0.4, 0.5) is 19.0 Å². The first-order valence-corrected chi connectivity index (χ1v) is 7.28. The van der Waals surface area contributed by atoms with Crippen molar-refractivity contribution < 1.29 is 13.2 Å². The van der Waals surface area contributed by atoms with Crippen molar-refractivity contribution in [1.29, 1.82) is 0 Å². The molecule has 116 valence electrons. The maximum Gasteiger partial charge on any atom is 0.435 e. The van der Waals surface area contributed by atoms with Crippen molar-refractivity contribution in [2.75, 3.05) is 11.4 Å². The highest BCUT2D eigenvalue weighted by Crippen LogP contribution is 2.34. The van der Waals surface area contributed by atoms with E-state index in [1.165, 1.54) is 6.07 Å². The Hall–Kier alpha value is -2.11. The summed E-state index contributed by atoms with van der Waals surface area (Å²) in [6, 6.07) is 12.5. The van der Waals surface area contributed by atoms with Crippen LogP contribution in [0.3, 0.4) is 0 Å². The molecule has 1 aliphatic heterocycles. The molecule has 1 fully saturated rings. The minimum atomic E-state index is -4.45. The molecule has 1 saturated heterocycles. The van der Waals surface area contributed by atoms with Gasteiger partial charge in [-0.25, -0.2) is 0 Å². The zero-order valence-corrected chi connectivity index (χ0v) is 11.9. The molecule has 1 aromatic carbocycles. The van der Waals surface area contributed by atoms with Crippen molar-refractivity contribution in [2.24, 2.45) is 0 Å². The number of hydrogen-bond acceptors (Lipinski definition) is 3. The minimum Gasteiger partial charge on any atom is -0.348 e. The van der Waals surface area contributed by atoms with Gasteiger partial charge >= 0.3 is 6.18 Å². The third-order valence-corrected chi connectivity index (χ3v) is 3.92. The van der Waals surface area contributed by atoms with Gasteiger partial charge in [-0.15, -0.1) is 10.2 Å². The van der Waals surface area contributed by atoms with E-state index in [0.29, 0.717) is 5.82 Å². The van der Waals surface area contributed by atoms with Gasteiger partial charge in [0, 0.05) is 6.54 Å². The first-order chi connectivity index (χ1) is 10.6. The molecule has 1 aliphatic rings. The molecular formula is C16H16F3N3. The standard InChI is InChI=1S/C16H16F3N3/c17-16(18,19)14-9-10-15(21-20-14)22-11-5-4-8-13(22)12-6-2-1-3-7-12/h1-3,6-7,9-10,13H,4-5,8,11H2/t13-/m0/s1. The summed E-state index contributed by atoms with van der Waals surface area (Å²) in [6.45, 7) is 0.777. The molecule has 0 N–H and O–H groups in total. The summed E-state index contributed by atoms with van der Waals surface area (Å²) in [5.74, 6) is 0.501. The number of halogens is 3. The van der Waals surface area contributed by atoms with Crippen molar-refractivity contribution in [3.63, 3.8) is 0 Å². The molecule has 2 aromatic rings. The first-order valence-electron chi connectivity index (χ1n) is 7.28. The number of piperidine rings is 1. The third-order valence-electron chi connectivity index (χ3n) is 3.92. The Kier molecular flexibility index (Phi) is 4.00. The Bertz CT molecular complexity index is 611. The molecule has 2 heterocycles. The van der Waals surface area contributed by atoms with Crippen LogP contribution in [0, 0.1) is 0 Å². The molecule has 0 spiro atoms. The summed E-state index contributed by atoms with van der Waals surface area (Å²) < 4.78 is 37.8. The average molecular weight is 307 g/mol. The van der Waals surface area contributed by atoms with Gasteiger partial charge in [0.15, 0.2) is 11.5 Å². The van der Waals surface area contributed by atoms with Crippen LogP contribution in [0.2, 0.25) is 0 Å². The van der Waals surface area contributed by atoms with Gasteiger partial charge in [0.05, 0.1) is 6.04 Å². The lowest BCUT2D eigenvalue weighted by Crippen LogP contribution is -2.34. The summed E-state index contributed by atoms with van der Waals surface area (Å²) >= 11 is 0. The average Bonchev–Trinajstić information content (AvgIpc) is 2.55. The van der Waals surface area contributed by atoms with Crippen molar-refractivity contribution in [3.8, 4) is 0 Å². The maximum atomic E-state index is 12.6. The number of hydrogen-bond donors (Lipinski definition) is 0. The van der Waals surface area contributed by atoms with E-state index in [-0.39, 0.29) is 6.04 Å². The fourth-order valence-corrected chi connectivity index (χ4v) is 2.86. The smallest absolute Gasteiger partial charge is 0.348 e. The molecule has 0 aliphatic carbocycles. The van der Waals surface area contributed by atoms with E-state index in [1.54, 1.807) is 0 Å². The Morgan fingerprint density at radius 1 is 0.955 bits per heavy atom. The lowest BCUT2D eigenvalue weighted by molar-refractivity contribution is -0.141. The molecule has 0 saturated carbocycles. The van der Waals surface area contributed by atoms with Crippen molar-refractivity contribution in [3.05, 3.63) is 53.7 Å². The van der Waals surface area contributed by atoms with E-state index < -0.39 is 11.9 Å². The summed E-state index contributed by atoms with van der Waals surface area (Å²) in [5, 5.41) is 7.14. The normalized spacial score (nSPS) is 19.2. The Morgan fingerprint density at radius 2 is 1.73 bits per heavy atom. The van der Waals surface area contributed by atoms with Crippen LogP contribution >= 0.6 is 0 Å². The number of benzene rings is 1. The van der Waals surface area contributed by atoms with E-state index in [2.05, 4.69) is 10.2 Å². The Morgan fingerprint density at radius 3 is 2.36 bits per heavy atom. The fraction of sp³-hybridized carbons (Fsp3) is 0.375. The number of nitrogens with zero attached hydrogens (tertiary/aromatic N) is 3. The predicted octanol–water partition coefficient (Wildman–Crippen LogP) is 4.23. The molecule has 3 nitrogen and oxygen atoms in total. The summed E-state index contributed by atoms with van der Waals surface area (Å²) in [7, 11) is 0. The highest BCUT2D eigenvalue weighted by atomic mass is 19.4. The van der Waals surface area contributed by atoms with Gasteiger partial charge in [0.1, 0.15) is 0 Å². The van der Waals surface area contributed by atoms with Crippen LogP contribution in [0.25, 0.3) is 0 Å². The summed E-state index contributed by atoms with van der Waals surface area (Å²) in [4.78, 5) is 2.05. The van der Waals surface area contributed by atoms with Crippen LogP contribution in [-0.2, 0) is 6.18 Å². The van der Waals surface area contributed by atoms with Crippen LogP contribution in [0.1, 0.15) is 36.6 Å². The van der Waals surface area contributed by atoms with Gasteiger partial charge < -0.3 is 4.90 Å². The minimum absolute atomic E-state index is 0.140. The summed E-state index contributed by atoms with van der Waals surface area (Å²) in [6.07, 6.45) is -1.38. The van der Waals surface area contributed by atoms with E-state index in [1.807, 2.05) is 35.2 Å². The molecule has 0 radical (unpaired) electrons. The van der Waals surface area contributed by atoms with Crippen LogP contribution < -0.4 is 4.90 Å². The molecular weight excluding hydrogens is 291 g/mol. The second-order valence-electron chi connectivity index (χ2n) is 5.39. The maximum absolute atomic E-state index is 12.6. The molecule has 22 heavy (non-hydrogen) atoms. The van der Waals surface area contributed by atoms with Gasteiger partial charge in [-0.05, 0) is 37.0 Å². The monoisotopic (exact) mass is 307 g/mol. The Labute approximate surface area is 126 Å². The molecule has 3 rings (SSSR count). The van der Waals surface area contributed by atoms with Gasteiger partial charge in [-0.2, -0.15) is 13.2 Å². The fourth-order valence-electron chi connectivity index (χ4n) is 2.86. The first kappa shape index (κ1) is 14.8. The predicted molar refractivity (Wildman–Crippen MR) is 77.4 cm³/mol. The zero-order chi connectivity index (χ0) is 15.6. The van der Waals surface area contributed by atoms with E-state index in [9.17, 15) is 13.2 Å². The summed E-state index contributed by atoms with van der Waals surface area (Å²) in [5.41, 5.74) is 0.202. The molecule has 0 bridgehead atoms. The number of rotatable bonds is 2. The van der Waals surface area contributed by atoms with Crippen molar-refractivity contribution >= 4 is 5.82 Å². The zero-order valence-electron chi connectivity index (χ0n) is 11.9. The quantitative estimate of drug-likeness (QED) is 0.831. The Balaban J connectivity index is 1.88. The van der Waals surface area contributed by atoms with Gasteiger partial charge in [-0.3, -0.25) is 0 Å². The molecule has 0 unspecified atom stereocenters. The van der Waals surface area contributed by atoms with Crippen LogP contribution in [0.15, 0.2) is 42.5 Å². The van der Waals surface area contributed by atoms with Crippen LogP contribution in [-0.4, -0.2) is 16.7 Å². The largest absolute Gasteiger partial charge is 0.435 e. The molecule has 0 amide bonds. The highest BCUT2D eigenvalue weighted by molar-refractivity contribution is 5.42. The van der Waals surface area contributed by atoms with Gasteiger partial charge in [-0.1, -0.05) is 30.3 Å². The van der Waals surface area contributed by atoms with E-state index in [0.717, 1.165) is 37.4 Å². The lowest BCUT2D eigenvalue weighted by Gasteiger charge is -2.36. The topological polar surface area (TPSA) is 29.0 Å². The number of aromatic nitrogens is 2. The van der Waals surface area contributed by atoms with Crippen LogP contribution in [0.5, 0.6) is 0 Å². The SMILES string of the molecule is FC(F)(F)c1ccc(N2CCCC[C@H]2c2ccccc2)nn1. The van der Waals surface area contributed by atoms with Crippen molar-refractivity contribution in [1.82, 2.24) is 10.2 Å². The van der Waals surface area contributed by atoms with Gasteiger partial charge in [0.2, 0.25) is 0 Å². The third kappa shape index (κ3) is 3.05. The van der Waals surface area contributed by atoms with E-state index >= 15 is 0 Å². The molecule has 1 atom stereocenters. The van der Waals surface area contributed by atoms with Crippen molar-refractivity contribution in [2.45, 2.75) is 31.5 Å². The lowest BCUT2D eigenvalue weighted by atomic mass is 9.95. The second kappa shape index (κ2) is 5.94. The van der Waals surface area contributed by atoms with Gasteiger partial charge in [0.25, 0.3) is 0 Å². The number of anilines is 1. The second-order valence-corrected chi connectivity index (χ2v) is 5.39.